The molecule has 0 aliphatic carbocycles. The van der Waals surface area contributed by atoms with Crippen molar-refractivity contribution in [2.24, 2.45) is 0 Å². The standard InChI is InChI=1S/C17H14FN3O3/c1-10-19-17(21-20-10)15(23)9-14(22)16-7-6-13(24-16)8-11-2-4-12(18)5-3-11/h2-7,9,23H,8H2,1H3,(H,19,20,21)/b15-9-. The molecule has 1 aromatic carbocycles. The van der Waals surface area contributed by atoms with Crippen molar-refractivity contribution >= 4 is 11.5 Å². The van der Waals surface area contributed by atoms with Crippen molar-refractivity contribution in [2.75, 3.05) is 0 Å². The summed E-state index contributed by atoms with van der Waals surface area (Å²) in [5.41, 5.74) is 0.860. The second-order valence-electron chi connectivity index (χ2n) is 5.21. The largest absolute Gasteiger partial charge is 0.504 e. The summed E-state index contributed by atoms with van der Waals surface area (Å²) in [4.78, 5) is 16.0. The number of furan rings is 1. The Morgan fingerprint density at radius 1 is 1.29 bits per heavy atom. The van der Waals surface area contributed by atoms with Gasteiger partial charge in [-0.3, -0.25) is 9.89 Å². The molecule has 2 heterocycles. The molecule has 0 aliphatic rings. The lowest BCUT2D eigenvalue weighted by atomic mass is 10.1. The van der Waals surface area contributed by atoms with E-state index in [2.05, 4.69) is 15.2 Å². The number of benzene rings is 1. The van der Waals surface area contributed by atoms with Crippen molar-refractivity contribution in [3.63, 3.8) is 0 Å². The number of halogens is 1. The summed E-state index contributed by atoms with van der Waals surface area (Å²) >= 11 is 0. The molecule has 0 saturated heterocycles. The highest BCUT2D eigenvalue weighted by Gasteiger charge is 2.13. The summed E-state index contributed by atoms with van der Waals surface area (Å²) in [7, 11) is 0. The van der Waals surface area contributed by atoms with Gasteiger partial charge in [0.05, 0.1) is 0 Å². The number of carbonyl (C=O) groups excluding carboxylic acids is 1. The molecule has 2 N–H and O–H groups in total. The van der Waals surface area contributed by atoms with Crippen LogP contribution in [0.3, 0.4) is 0 Å². The van der Waals surface area contributed by atoms with Gasteiger partial charge in [-0.2, -0.15) is 5.10 Å². The fourth-order valence-electron chi connectivity index (χ4n) is 2.13. The van der Waals surface area contributed by atoms with Gasteiger partial charge in [-0.1, -0.05) is 12.1 Å². The monoisotopic (exact) mass is 327 g/mol. The van der Waals surface area contributed by atoms with Crippen molar-refractivity contribution in [3.05, 3.63) is 77.0 Å². The number of aliphatic hydroxyl groups excluding tert-OH is 1. The van der Waals surface area contributed by atoms with Gasteiger partial charge in [-0.15, -0.1) is 0 Å². The first-order valence-corrected chi connectivity index (χ1v) is 7.19. The Morgan fingerprint density at radius 3 is 2.71 bits per heavy atom. The van der Waals surface area contributed by atoms with Gasteiger partial charge in [-0.25, -0.2) is 9.37 Å². The van der Waals surface area contributed by atoms with E-state index < -0.39 is 5.78 Å². The first-order chi connectivity index (χ1) is 11.5. The predicted octanol–water partition coefficient (Wildman–Crippen LogP) is 3.22. The minimum Gasteiger partial charge on any atom is -0.504 e. The lowest BCUT2D eigenvalue weighted by Crippen LogP contribution is -1.96. The summed E-state index contributed by atoms with van der Waals surface area (Å²) in [6.45, 7) is 1.68. The predicted molar refractivity (Wildman–Crippen MR) is 84.0 cm³/mol. The molecular weight excluding hydrogens is 313 g/mol. The molecular formula is C17H14FN3O3. The van der Waals surface area contributed by atoms with Crippen molar-refractivity contribution < 1.29 is 18.7 Å². The third kappa shape index (κ3) is 3.57. The maximum Gasteiger partial charge on any atom is 0.224 e. The van der Waals surface area contributed by atoms with E-state index in [9.17, 15) is 14.3 Å². The number of aromatic amines is 1. The highest BCUT2D eigenvalue weighted by molar-refractivity contribution is 6.05. The van der Waals surface area contributed by atoms with Crippen LogP contribution in [0.2, 0.25) is 0 Å². The van der Waals surface area contributed by atoms with Crippen LogP contribution < -0.4 is 0 Å². The number of hydrogen-bond acceptors (Lipinski definition) is 5. The van der Waals surface area contributed by atoms with Crippen LogP contribution in [0.5, 0.6) is 0 Å². The second kappa shape index (κ2) is 6.49. The quantitative estimate of drug-likeness (QED) is 0.426. The maximum absolute atomic E-state index is 12.9. The van der Waals surface area contributed by atoms with Gasteiger partial charge in [0.2, 0.25) is 11.6 Å². The van der Waals surface area contributed by atoms with Crippen LogP contribution in [-0.2, 0) is 6.42 Å². The van der Waals surface area contributed by atoms with Gasteiger partial charge in [0, 0.05) is 12.5 Å². The maximum atomic E-state index is 12.9. The fraction of sp³-hybridized carbons (Fsp3) is 0.118. The topological polar surface area (TPSA) is 92.0 Å². The van der Waals surface area contributed by atoms with Crippen molar-refractivity contribution in [2.45, 2.75) is 13.3 Å². The number of carbonyl (C=O) groups is 1. The van der Waals surface area contributed by atoms with Gasteiger partial charge >= 0.3 is 0 Å². The van der Waals surface area contributed by atoms with Gasteiger partial charge < -0.3 is 9.52 Å². The fourth-order valence-corrected chi connectivity index (χ4v) is 2.13. The highest BCUT2D eigenvalue weighted by atomic mass is 19.1. The van der Waals surface area contributed by atoms with Crippen molar-refractivity contribution in [3.8, 4) is 0 Å². The van der Waals surface area contributed by atoms with Crippen LogP contribution in [0, 0.1) is 12.7 Å². The molecule has 0 spiro atoms. The van der Waals surface area contributed by atoms with Gasteiger partial charge in [0.1, 0.15) is 17.4 Å². The van der Waals surface area contributed by atoms with Gasteiger partial charge in [0.25, 0.3) is 0 Å². The lowest BCUT2D eigenvalue weighted by Gasteiger charge is -1.98. The zero-order chi connectivity index (χ0) is 17.1. The van der Waals surface area contributed by atoms with E-state index in [4.69, 9.17) is 4.42 Å². The van der Waals surface area contributed by atoms with E-state index in [-0.39, 0.29) is 23.2 Å². The Balaban J connectivity index is 1.72. The first-order valence-electron chi connectivity index (χ1n) is 7.19. The van der Waals surface area contributed by atoms with E-state index in [0.717, 1.165) is 11.6 Å². The number of nitrogens with zero attached hydrogens (tertiary/aromatic N) is 2. The Hall–Kier alpha value is -3.22. The zero-order valence-electron chi connectivity index (χ0n) is 12.8. The number of hydrogen-bond donors (Lipinski definition) is 2. The Bertz CT molecular complexity index is 894. The van der Waals surface area contributed by atoms with Crippen molar-refractivity contribution in [1.29, 1.82) is 0 Å². The number of rotatable bonds is 5. The molecule has 0 bridgehead atoms. The average Bonchev–Trinajstić information content (AvgIpc) is 3.19. The lowest BCUT2D eigenvalue weighted by molar-refractivity contribution is 0.101. The van der Waals surface area contributed by atoms with Crippen LogP contribution in [-0.4, -0.2) is 26.1 Å². The average molecular weight is 327 g/mol. The smallest absolute Gasteiger partial charge is 0.224 e. The molecule has 0 atom stereocenters. The van der Waals surface area contributed by atoms with Crippen molar-refractivity contribution in [1.82, 2.24) is 15.2 Å². The van der Waals surface area contributed by atoms with Crippen LogP contribution in [0.25, 0.3) is 5.76 Å². The molecule has 6 nitrogen and oxygen atoms in total. The first kappa shape index (κ1) is 15.7. The summed E-state index contributed by atoms with van der Waals surface area (Å²) in [5, 5.41) is 16.2. The Morgan fingerprint density at radius 2 is 2.04 bits per heavy atom. The zero-order valence-corrected chi connectivity index (χ0v) is 12.8. The molecule has 0 amide bonds. The van der Waals surface area contributed by atoms with Crippen LogP contribution in [0.1, 0.15) is 33.5 Å². The van der Waals surface area contributed by atoms with Gasteiger partial charge in [0.15, 0.2) is 11.5 Å². The van der Waals surface area contributed by atoms with E-state index in [0.29, 0.717) is 18.0 Å². The number of aromatic nitrogens is 3. The molecule has 2 aromatic heterocycles. The number of ketones is 1. The Kier molecular flexibility index (Phi) is 4.24. The number of aryl methyl sites for hydroxylation is 1. The number of allylic oxidation sites excluding steroid dienone is 1. The van der Waals surface area contributed by atoms with Gasteiger partial charge in [-0.05, 0) is 36.8 Å². The molecule has 122 valence electrons. The number of nitrogens with one attached hydrogen (secondary N) is 1. The normalized spacial score (nSPS) is 11.7. The minimum absolute atomic E-state index is 0.0407. The molecule has 0 saturated carbocycles. The van der Waals surface area contributed by atoms with E-state index in [1.54, 1.807) is 25.1 Å². The summed E-state index contributed by atoms with van der Waals surface area (Å²) in [6.07, 6.45) is 1.44. The van der Waals surface area contributed by atoms with Crippen LogP contribution >= 0.6 is 0 Å². The molecule has 3 rings (SSSR count). The molecule has 0 unspecified atom stereocenters. The molecule has 7 heteroatoms. The van der Waals surface area contributed by atoms with E-state index in [1.807, 2.05) is 0 Å². The number of aliphatic hydroxyl groups is 1. The third-order valence-electron chi connectivity index (χ3n) is 3.29. The van der Waals surface area contributed by atoms with E-state index in [1.165, 1.54) is 18.2 Å². The summed E-state index contributed by atoms with van der Waals surface area (Å²) < 4.78 is 18.4. The number of H-pyrrole nitrogens is 1. The van der Waals surface area contributed by atoms with Crippen LogP contribution in [0.15, 0.2) is 46.9 Å². The Labute approximate surface area is 136 Å². The summed E-state index contributed by atoms with van der Waals surface area (Å²) in [6, 6.07) is 9.22. The molecule has 0 aliphatic heterocycles. The SMILES string of the molecule is Cc1nc(/C(O)=C/C(=O)c2ccc(Cc3ccc(F)cc3)o2)n[nH]1. The summed E-state index contributed by atoms with van der Waals surface area (Å²) in [5.74, 6) is 0.0615. The molecule has 3 aromatic rings. The third-order valence-corrected chi connectivity index (χ3v) is 3.29. The van der Waals surface area contributed by atoms with E-state index >= 15 is 0 Å². The molecule has 24 heavy (non-hydrogen) atoms. The highest BCUT2D eigenvalue weighted by Crippen LogP contribution is 2.16. The molecule has 0 radical (unpaired) electrons. The van der Waals surface area contributed by atoms with Crippen LogP contribution in [0.4, 0.5) is 4.39 Å². The molecule has 0 fully saturated rings. The second-order valence-corrected chi connectivity index (χ2v) is 5.21. The minimum atomic E-state index is -0.500.